The summed E-state index contributed by atoms with van der Waals surface area (Å²) < 4.78 is 21.3. The first-order chi connectivity index (χ1) is 16.5. The second-order valence-electron chi connectivity index (χ2n) is 6.86. The summed E-state index contributed by atoms with van der Waals surface area (Å²) in [5.41, 5.74) is 1.73. The third-order valence-corrected chi connectivity index (χ3v) is 5.68. The molecule has 0 unspecified atom stereocenters. The van der Waals surface area contributed by atoms with E-state index in [2.05, 4.69) is 14.7 Å². The molecule has 0 saturated heterocycles. The van der Waals surface area contributed by atoms with Crippen LogP contribution in [0.3, 0.4) is 0 Å². The van der Waals surface area contributed by atoms with Crippen molar-refractivity contribution in [3.05, 3.63) is 59.2 Å². The molecular formula is C24H24N4O4S2. The Morgan fingerprint density at radius 2 is 1.91 bits per heavy atom. The van der Waals surface area contributed by atoms with Gasteiger partial charge in [-0.25, -0.2) is 0 Å². The molecular weight excluding hydrogens is 472 g/mol. The molecule has 0 saturated carbocycles. The minimum atomic E-state index is -0.558. The van der Waals surface area contributed by atoms with E-state index in [4.69, 9.17) is 14.2 Å². The van der Waals surface area contributed by atoms with Crippen molar-refractivity contribution in [1.82, 2.24) is 9.36 Å². The van der Waals surface area contributed by atoms with Crippen molar-refractivity contribution >= 4 is 40.4 Å². The van der Waals surface area contributed by atoms with Gasteiger partial charge in [-0.05, 0) is 56.0 Å². The topological polar surface area (TPSA) is 106 Å². The van der Waals surface area contributed by atoms with Crippen LogP contribution in [-0.4, -0.2) is 41.3 Å². The lowest BCUT2D eigenvalue weighted by molar-refractivity contribution is -0.112. The van der Waals surface area contributed by atoms with Gasteiger partial charge >= 0.3 is 0 Å². The lowest BCUT2D eigenvalue weighted by atomic mass is 10.1. The monoisotopic (exact) mass is 496 g/mol. The molecule has 0 aliphatic carbocycles. The highest BCUT2D eigenvalue weighted by molar-refractivity contribution is 7.98. The minimum absolute atomic E-state index is 0.0662. The molecule has 3 aromatic rings. The van der Waals surface area contributed by atoms with Crippen LogP contribution in [0.1, 0.15) is 18.1 Å². The van der Waals surface area contributed by atoms with Crippen molar-refractivity contribution in [2.45, 2.75) is 19.0 Å². The Labute approximate surface area is 206 Å². The Morgan fingerprint density at radius 1 is 1.15 bits per heavy atom. The molecule has 34 heavy (non-hydrogen) atoms. The maximum Gasteiger partial charge on any atom is 0.268 e. The van der Waals surface area contributed by atoms with Gasteiger partial charge in [0.2, 0.25) is 10.3 Å². The number of nitriles is 1. The standard InChI is InChI=1S/C24H24N4O4S2/c1-4-30-21-14-17(13-18(15-25)22(29)26-23-27-24(33-3)28-34-23)7-10-20(21)32-12-11-31-19-8-5-16(2)6-9-19/h5-10,13-14H,4,11-12H2,1-3H3,(H,26,27,28,29). The van der Waals surface area contributed by atoms with E-state index in [1.54, 1.807) is 18.2 Å². The summed E-state index contributed by atoms with van der Waals surface area (Å²) in [7, 11) is 0. The van der Waals surface area contributed by atoms with Crippen molar-refractivity contribution in [3.8, 4) is 23.3 Å². The number of aryl methyl sites for hydroxylation is 1. The van der Waals surface area contributed by atoms with E-state index < -0.39 is 5.91 Å². The first-order valence-corrected chi connectivity index (χ1v) is 12.4. The Hall–Kier alpha value is -3.55. The third-order valence-electron chi connectivity index (χ3n) is 4.38. The fourth-order valence-corrected chi connectivity index (χ4v) is 3.89. The number of benzene rings is 2. The Balaban J connectivity index is 1.65. The van der Waals surface area contributed by atoms with E-state index in [1.807, 2.05) is 50.4 Å². The van der Waals surface area contributed by atoms with Crippen molar-refractivity contribution in [2.75, 3.05) is 31.4 Å². The summed E-state index contributed by atoms with van der Waals surface area (Å²) in [6.45, 7) is 5.02. The third kappa shape index (κ3) is 7.23. The quantitative estimate of drug-likeness (QED) is 0.172. The fourth-order valence-electron chi connectivity index (χ4n) is 2.77. The molecule has 1 N–H and O–H groups in total. The number of amides is 1. The van der Waals surface area contributed by atoms with Crippen LogP contribution >= 0.6 is 23.3 Å². The molecule has 8 nitrogen and oxygen atoms in total. The predicted octanol–water partition coefficient (Wildman–Crippen LogP) is 4.97. The van der Waals surface area contributed by atoms with E-state index in [9.17, 15) is 10.1 Å². The fraction of sp³-hybridized carbons (Fsp3) is 0.250. The van der Waals surface area contributed by atoms with E-state index in [0.29, 0.717) is 47.2 Å². The van der Waals surface area contributed by atoms with Crippen LogP contribution in [0.2, 0.25) is 0 Å². The number of anilines is 1. The zero-order valence-corrected chi connectivity index (χ0v) is 20.7. The highest BCUT2D eigenvalue weighted by atomic mass is 32.2. The predicted molar refractivity (Wildman–Crippen MR) is 134 cm³/mol. The maximum absolute atomic E-state index is 12.5. The number of thioether (sulfide) groups is 1. The van der Waals surface area contributed by atoms with Gasteiger partial charge in [-0.1, -0.05) is 35.5 Å². The average molecular weight is 497 g/mol. The van der Waals surface area contributed by atoms with Crippen LogP contribution in [0.15, 0.2) is 53.2 Å². The van der Waals surface area contributed by atoms with Gasteiger partial charge in [0.05, 0.1) is 6.61 Å². The highest BCUT2D eigenvalue weighted by Crippen LogP contribution is 2.29. The molecule has 0 radical (unpaired) electrons. The lowest BCUT2D eigenvalue weighted by Gasteiger charge is -2.13. The highest BCUT2D eigenvalue weighted by Gasteiger charge is 2.14. The number of nitrogens with zero attached hydrogens (tertiary/aromatic N) is 3. The molecule has 0 aliphatic heterocycles. The molecule has 0 spiro atoms. The summed E-state index contributed by atoms with van der Waals surface area (Å²) >= 11 is 2.43. The van der Waals surface area contributed by atoms with Crippen molar-refractivity contribution < 1.29 is 19.0 Å². The minimum Gasteiger partial charge on any atom is -0.490 e. The summed E-state index contributed by atoms with van der Waals surface area (Å²) in [6, 6.07) is 14.9. The van der Waals surface area contributed by atoms with E-state index >= 15 is 0 Å². The van der Waals surface area contributed by atoms with E-state index in [-0.39, 0.29) is 5.57 Å². The molecule has 0 aliphatic rings. The number of carbonyl (C=O) groups excluding carboxylic acids is 1. The van der Waals surface area contributed by atoms with Gasteiger partial charge in [0.15, 0.2) is 11.5 Å². The molecule has 3 rings (SSSR count). The molecule has 1 heterocycles. The van der Waals surface area contributed by atoms with Gasteiger partial charge < -0.3 is 14.2 Å². The molecule has 0 fully saturated rings. The first kappa shape index (κ1) is 25.1. The molecule has 0 bridgehead atoms. The van der Waals surface area contributed by atoms with Gasteiger partial charge in [-0.15, -0.1) is 0 Å². The van der Waals surface area contributed by atoms with E-state index in [0.717, 1.165) is 17.3 Å². The Kier molecular flexibility index (Phi) is 9.31. The molecule has 1 aromatic heterocycles. The Bertz CT molecular complexity index is 1190. The maximum atomic E-state index is 12.5. The normalized spacial score (nSPS) is 10.9. The van der Waals surface area contributed by atoms with Crippen LogP contribution < -0.4 is 19.5 Å². The number of hydrogen-bond acceptors (Lipinski definition) is 9. The van der Waals surface area contributed by atoms with Crippen LogP contribution in [0.5, 0.6) is 17.2 Å². The van der Waals surface area contributed by atoms with Gasteiger partial charge in [0.1, 0.15) is 30.6 Å². The summed E-state index contributed by atoms with van der Waals surface area (Å²) in [6.07, 6.45) is 3.33. The van der Waals surface area contributed by atoms with Gasteiger partial charge in [0, 0.05) is 11.5 Å². The SMILES string of the molecule is CCOc1cc(C=C(C#N)C(=O)Nc2nc(SC)ns2)ccc1OCCOc1ccc(C)cc1. The van der Waals surface area contributed by atoms with Gasteiger partial charge in [0.25, 0.3) is 5.91 Å². The number of hydrogen-bond donors (Lipinski definition) is 1. The summed E-state index contributed by atoms with van der Waals surface area (Å²) in [5, 5.41) is 13.0. The number of carbonyl (C=O) groups is 1. The zero-order chi connectivity index (χ0) is 24.3. The molecule has 0 atom stereocenters. The van der Waals surface area contributed by atoms with Gasteiger partial charge in [-0.3, -0.25) is 10.1 Å². The first-order valence-electron chi connectivity index (χ1n) is 10.4. The Morgan fingerprint density at radius 3 is 2.59 bits per heavy atom. The molecule has 10 heteroatoms. The molecule has 176 valence electrons. The van der Waals surface area contributed by atoms with E-state index in [1.165, 1.54) is 23.4 Å². The van der Waals surface area contributed by atoms with Crippen LogP contribution in [-0.2, 0) is 4.79 Å². The van der Waals surface area contributed by atoms with Crippen LogP contribution in [0, 0.1) is 18.3 Å². The van der Waals surface area contributed by atoms with Crippen molar-refractivity contribution in [2.24, 2.45) is 0 Å². The van der Waals surface area contributed by atoms with Crippen molar-refractivity contribution in [1.29, 1.82) is 5.26 Å². The van der Waals surface area contributed by atoms with Gasteiger partial charge in [-0.2, -0.15) is 14.6 Å². The second-order valence-corrected chi connectivity index (χ2v) is 8.38. The largest absolute Gasteiger partial charge is 0.490 e. The second kappa shape index (κ2) is 12.6. The zero-order valence-electron chi connectivity index (χ0n) is 19.0. The number of ether oxygens (including phenoxy) is 3. The summed E-state index contributed by atoms with van der Waals surface area (Å²) in [4.78, 5) is 16.6. The smallest absolute Gasteiger partial charge is 0.268 e. The average Bonchev–Trinajstić information content (AvgIpc) is 3.30. The van der Waals surface area contributed by atoms with Crippen molar-refractivity contribution in [3.63, 3.8) is 0 Å². The summed E-state index contributed by atoms with van der Waals surface area (Å²) in [5.74, 6) is 1.28. The molecule has 2 aromatic carbocycles. The molecule has 1 amide bonds. The number of aromatic nitrogens is 2. The van der Waals surface area contributed by atoms with Crippen LogP contribution in [0.25, 0.3) is 6.08 Å². The lowest BCUT2D eigenvalue weighted by Crippen LogP contribution is -2.13. The number of nitrogens with one attached hydrogen (secondary N) is 1. The number of rotatable bonds is 11. The van der Waals surface area contributed by atoms with Crippen LogP contribution in [0.4, 0.5) is 5.13 Å².